The molecule has 0 aromatic heterocycles. The Balaban J connectivity index is 2.14. The van der Waals surface area contributed by atoms with Crippen LogP contribution in [-0.2, 0) is 0 Å². The van der Waals surface area contributed by atoms with Crippen molar-refractivity contribution < 1.29 is 5.11 Å². The molecule has 12 heavy (non-hydrogen) atoms. The molecule has 0 aromatic rings. The van der Waals surface area contributed by atoms with E-state index < -0.39 is 0 Å². The van der Waals surface area contributed by atoms with Crippen LogP contribution in [-0.4, -0.2) is 23.8 Å². The molecule has 0 saturated heterocycles. The molecule has 3 atom stereocenters. The first-order chi connectivity index (χ1) is 5.68. The molecule has 1 rings (SSSR count). The molecule has 0 amide bonds. The molecule has 1 aliphatic carbocycles. The van der Waals surface area contributed by atoms with Crippen molar-refractivity contribution in [3.8, 4) is 0 Å². The second-order valence-corrected chi connectivity index (χ2v) is 4.23. The van der Waals surface area contributed by atoms with Gasteiger partial charge in [0.05, 0.1) is 6.10 Å². The maximum atomic E-state index is 9.09. The van der Waals surface area contributed by atoms with Crippen LogP contribution >= 0.6 is 0 Å². The molecule has 0 radical (unpaired) electrons. The topological polar surface area (TPSA) is 32.3 Å². The highest BCUT2D eigenvalue weighted by Crippen LogP contribution is 2.23. The quantitative estimate of drug-likeness (QED) is 0.675. The average Bonchev–Trinajstić information content (AvgIpc) is 2.01. The van der Waals surface area contributed by atoms with Crippen LogP contribution in [0.4, 0.5) is 0 Å². The maximum absolute atomic E-state index is 9.09. The smallest absolute Gasteiger partial charge is 0.0636 e. The fourth-order valence-electron chi connectivity index (χ4n) is 1.96. The molecule has 1 aliphatic rings. The SMILES string of the molecule is CC(O)CNC1CCCC(C)C1. The molecule has 0 aliphatic heterocycles. The van der Waals surface area contributed by atoms with Crippen molar-refractivity contribution in [1.29, 1.82) is 0 Å². The molecule has 0 spiro atoms. The van der Waals surface area contributed by atoms with Crippen molar-refractivity contribution >= 4 is 0 Å². The molecule has 1 saturated carbocycles. The summed E-state index contributed by atoms with van der Waals surface area (Å²) in [5.41, 5.74) is 0. The first-order valence-electron chi connectivity index (χ1n) is 5.10. The normalized spacial score (nSPS) is 33.2. The maximum Gasteiger partial charge on any atom is 0.0636 e. The Kier molecular flexibility index (Phi) is 4.02. The number of aliphatic hydroxyl groups excluding tert-OH is 1. The number of aliphatic hydroxyl groups is 1. The minimum atomic E-state index is -0.206. The highest BCUT2D eigenvalue weighted by molar-refractivity contribution is 4.76. The lowest BCUT2D eigenvalue weighted by atomic mass is 9.87. The summed E-state index contributed by atoms with van der Waals surface area (Å²) >= 11 is 0. The van der Waals surface area contributed by atoms with Gasteiger partial charge in [-0.1, -0.05) is 19.8 Å². The lowest BCUT2D eigenvalue weighted by Gasteiger charge is -2.28. The predicted molar refractivity (Wildman–Crippen MR) is 51.1 cm³/mol. The third kappa shape index (κ3) is 3.55. The van der Waals surface area contributed by atoms with Crippen LogP contribution in [0.3, 0.4) is 0 Å². The summed E-state index contributed by atoms with van der Waals surface area (Å²) in [6.45, 7) is 4.90. The average molecular weight is 171 g/mol. The largest absolute Gasteiger partial charge is 0.392 e. The van der Waals surface area contributed by atoms with Crippen LogP contribution in [0, 0.1) is 5.92 Å². The highest BCUT2D eigenvalue weighted by atomic mass is 16.3. The Morgan fingerprint density at radius 1 is 1.50 bits per heavy atom. The van der Waals surface area contributed by atoms with Crippen LogP contribution in [0.2, 0.25) is 0 Å². The van der Waals surface area contributed by atoms with Crippen molar-refractivity contribution in [1.82, 2.24) is 5.32 Å². The van der Waals surface area contributed by atoms with E-state index in [1.54, 1.807) is 0 Å². The highest BCUT2D eigenvalue weighted by Gasteiger charge is 2.18. The summed E-state index contributed by atoms with van der Waals surface area (Å²) in [6.07, 6.45) is 5.09. The molecule has 2 heteroatoms. The van der Waals surface area contributed by atoms with E-state index in [0.29, 0.717) is 6.04 Å². The molecule has 2 N–H and O–H groups in total. The summed E-state index contributed by atoms with van der Waals surface area (Å²) in [5, 5.41) is 12.5. The fourth-order valence-corrected chi connectivity index (χ4v) is 1.96. The Bertz CT molecular complexity index is 125. The molecular formula is C10H21NO. The third-order valence-corrected chi connectivity index (χ3v) is 2.64. The molecule has 2 nitrogen and oxygen atoms in total. The molecule has 0 bridgehead atoms. The molecule has 3 unspecified atom stereocenters. The van der Waals surface area contributed by atoms with Gasteiger partial charge >= 0.3 is 0 Å². The van der Waals surface area contributed by atoms with E-state index in [2.05, 4.69) is 12.2 Å². The van der Waals surface area contributed by atoms with Gasteiger partial charge in [-0.2, -0.15) is 0 Å². The van der Waals surface area contributed by atoms with Crippen LogP contribution in [0.5, 0.6) is 0 Å². The summed E-state index contributed by atoms with van der Waals surface area (Å²) in [6, 6.07) is 0.656. The van der Waals surface area contributed by atoms with Gasteiger partial charge in [0.1, 0.15) is 0 Å². The second kappa shape index (κ2) is 4.83. The lowest BCUT2D eigenvalue weighted by Crippen LogP contribution is -2.37. The zero-order chi connectivity index (χ0) is 8.97. The second-order valence-electron chi connectivity index (χ2n) is 4.23. The summed E-state index contributed by atoms with van der Waals surface area (Å²) in [7, 11) is 0. The molecule has 72 valence electrons. The minimum absolute atomic E-state index is 0.206. The van der Waals surface area contributed by atoms with E-state index in [4.69, 9.17) is 5.11 Å². The van der Waals surface area contributed by atoms with Gasteiger partial charge in [-0.3, -0.25) is 0 Å². The van der Waals surface area contributed by atoms with Gasteiger partial charge in [-0.05, 0) is 25.7 Å². The predicted octanol–water partition coefficient (Wildman–Crippen LogP) is 1.54. The number of hydrogen-bond donors (Lipinski definition) is 2. The van der Waals surface area contributed by atoms with Gasteiger partial charge in [0.2, 0.25) is 0 Å². The van der Waals surface area contributed by atoms with Crippen molar-refractivity contribution in [2.75, 3.05) is 6.54 Å². The van der Waals surface area contributed by atoms with Crippen molar-refractivity contribution in [3.63, 3.8) is 0 Å². The van der Waals surface area contributed by atoms with Crippen LogP contribution in [0.1, 0.15) is 39.5 Å². The van der Waals surface area contributed by atoms with Gasteiger partial charge in [-0.15, -0.1) is 0 Å². The Morgan fingerprint density at radius 2 is 2.25 bits per heavy atom. The van der Waals surface area contributed by atoms with Gasteiger partial charge in [0.15, 0.2) is 0 Å². The summed E-state index contributed by atoms with van der Waals surface area (Å²) in [4.78, 5) is 0. The van der Waals surface area contributed by atoms with Gasteiger partial charge in [0.25, 0.3) is 0 Å². The number of nitrogens with one attached hydrogen (secondary N) is 1. The van der Waals surface area contributed by atoms with E-state index in [1.807, 2.05) is 6.92 Å². The van der Waals surface area contributed by atoms with E-state index in [9.17, 15) is 0 Å². The first kappa shape index (κ1) is 10.0. The van der Waals surface area contributed by atoms with Gasteiger partial charge in [0, 0.05) is 12.6 Å². The summed E-state index contributed by atoms with van der Waals surface area (Å²) < 4.78 is 0. The third-order valence-electron chi connectivity index (χ3n) is 2.64. The zero-order valence-electron chi connectivity index (χ0n) is 8.21. The minimum Gasteiger partial charge on any atom is -0.392 e. The molecular weight excluding hydrogens is 150 g/mol. The van der Waals surface area contributed by atoms with Crippen LogP contribution in [0.25, 0.3) is 0 Å². The zero-order valence-corrected chi connectivity index (χ0v) is 8.21. The molecule has 0 aromatic carbocycles. The number of rotatable bonds is 3. The van der Waals surface area contributed by atoms with Crippen LogP contribution in [0.15, 0.2) is 0 Å². The van der Waals surface area contributed by atoms with Crippen molar-refractivity contribution in [2.45, 2.75) is 51.7 Å². The Hall–Kier alpha value is -0.0800. The van der Waals surface area contributed by atoms with Crippen molar-refractivity contribution in [3.05, 3.63) is 0 Å². The Labute approximate surface area is 75.4 Å². The van der Waals surface area contributed by atoms with E-state index >= 15 is 0 Å². The monoisotopic (exact) mass is 171 g/mol. The molecule has 0 heterocycles. The lowest BCUT2D eigenvalue weighted by molar-refractivity contribution is 0.177. The van der Waals surface area contributed by atoms with Gasteiger partial charge < -0.3 is 10.4 Å². The Morgan fingerprint density at radius 3 is 2.83 bits per heavy atom. The van der Waals surface area contributed by atoms with E-state index in [-0.39, 0.29) is 6.10 Å². The van der Waals surface area contributed by atoms with Gasteiger partial charge in [-0.25, -0.2) is 0 Å². The standard InChI is InChI=1S/C10H21NO/c1-8-4-3-5-10(6-8)11-7-9(2)12/h8-12H,3-7H2,1-2H3. The van der Waals surface area contributed by atoms with Crippen LogP contribution < -0.4 is 5.32 Å². The van der Waals surface area contributed by atoms with Crippen molar-refractivity contribution in [2.24, 2.45) is 5.92 Å². The first-order valence-corrected chi connectivity index (χ1v) is 5.10. The van der Waals surface area contributed by atoms with E-state index in [0.717, 1.165) is 12.5 Å². The molecule has 1 fully saturated rings. The van der Waals surface area contributed by atoms with E-state index in [1.165, 1.54) is 25.7 Å². The summed E-state index contributed by atoms with van der Waals surface area (Å²) in [5.74, 6) is 0.866. The fraction of sp³-hybridized carbons (Fsp3) is 1.00. The number of hydrogen-bond acceptors (Lipinski definition) is 2.